The highest BCUT2D eigenvalue weighted by Crippen LogP contribution is 2.37. The van der Waals surface area contributed by atoms with Crippen molar-refractivity contribution < 1.29 is 9.53 Å². The summed E-state index contributed by atoms with van der Waals surface area (Å²) >= 11 is 0. The average molecular weight is 532 g/mol. The number of carbonyl (C=O) groups excluding carboxylic acids is 1. The number of aryl methyl sites for hydroxylation is 1. The fourth-order valence-corrected chi connectivity index (χ4v) is 6.07. The van der Waals surface area contributed by atoms with Gasteiger partial charge in [0.1, 0.15) is 11.6 Å². The molecule has 3 aromatic rings. The summed E-state index contributed by atoms with van der Waals surface area (Å²) in [5.41, 5.74) is 3.06. The number of para-hydroxylation sites is 4. The third-order valence-electron chi connectivity index (χ3n) is 8.29. The zero-order chi connectivity index (χ0) is 27.3. The van der Waals surface area contributed by atoms with Gasteiger partial charge in [-0.05, 0) is 30.7 Å². The van der Waals surface area contributed by atoms with Gasteiger partial charge in [0, 0.05) is 25.4 Å². The van der Waals surface area contributed by atoms with Crippen LogP contribution in [0.25, 0.3) is 11.0 Å². The molecule has 1 fully saturated rings. The van der Waals surface area contributed by atoms with Crippen LogP contribution in [0.2, 0.25) is 0 Å². The van der Waals surface area contributed by atoms with Crippen LogP contribution in [0.15, 0.2) is 48.5 Å². The second-order valence-corrected chi connectivity index (χ2v) is 11.3. The Morgan fingerprint density at radius 1 is 0.795 bits per heavy atom. The van der Waals surface area contributed by atoms with Gasteiger partial charge in [0.25, 0.3) is 0 Å². The second kappa shape index (κ2) is 15.7. The molecule has 212 valence electrons. The van der Waals surface area contributed by atoms with Gasteiger partial charge >= 0.3 is 0 Å². The fourth-order valence-electron chi connectivity index (χ4n) is 6.07. The lowest BCUT2D eigenvalue weighted by Gasteiger charge is -2.19. The number of nitrogens with zero attached hydrogens (tertiary/aromatic N) is 3. The summed E-state index contributed by atoms with van der Waals surface area (Å²) in [7, 11) is 1.66. The Hall–Kier alpha value is -2.82. The minimum absolute atomic E-state index is 0.0847. The number of hydrogen-bond donors (Lipinski definition) is 0. The second-order valence-electron chi connectivity index (χ2n) is 11.3. The molecule has 4 rings (SSSR count). The third kappa shape index (κ3) is 8.09. The number of carbonyl (C=O) groups is 1. The molecule has 0 aliphatic carbocycles. The van der Waals surface area contributed by atoms with Crippen molar-refractivity contribution in [3.63, 3.8) is 0 Å². The van der Waals surface area contributed by atoms with Crippen molar-refractivity contribution in [2.45, 2.75) is 116 Å². The number of unbranched alkanes of at least 4 members (excludes halogenated alkanes) is 13. The summed E-state index contributed by atoms with van der Waals surface area (Å²) in [6, 6.07) is 16.2. The monoisotopic (exact) mass is 531 g/mol. The highest BCUT2D eigenvalue weighted by Gasteiger charge is 2.35. The Labute approximate surface area is 236 Å². The summed E-state index contributed by atoms with van der Waals surface area (Å²) in [5, 5.41) is 0. The van der Waals surface area contributed by atoms with Crippen LogP contribution in [0, 0.1) is 0 Å². The molecular formula is C34H49N3O2. The van der Waals surface area contributed by atoms with E-state index in [4.69, 9.17) is 9.72 Å². The van der Waals surface area contributed by atoms with Gasteiger partial charge in [0.05, 0.1) is 23.8 Å². The lowest BCUT2D eigenvalue weighted by Crippen LogP contribution is -2.25. The molecule has 1 aliphatic heterocycles. The van der Waals surface area contributed by atoms with Gasteiger partial charge in [-0.25, -0.2) is 4.98 Å². The smallest absolute Gasteiger partial charge is 0.227 e. The number of amides is 1. The molecule has 0 bridgehead atoms. The maximum absolute atomic E-state index is 13.1. The number of methoxy groups -OCH3 is 1. The van der Waals surface area contributed by atoms with E-state index in [9.17, 15) is 4.79 Å². The van der Waals surface area contributed by atoms with Crippen LogP contribution in [0.5, 0.6) is 5.75 Å². The predicted octanol–water partition coefficient (Wildman–Crippen LogP) is 9.05. The number of imidazole rings is 1. The number of benzene rings is 2. The molecule has 0 unspecified atom stereocenters. The molecule has 0 N–H and O–H groups in total. The molecule has 1 atom stereocenters. The molecule has 39 heavy (non-hydrogen) atoms. The minimum Gasteiger partial charge on any atom is -0.495 e. The number of anilines is 1. The molecule has 1 amide bonds. The van der Waals surface area contributed by atoms with Crippen LogP contribution in [-0.2, 0) is 11.3 Å². The molecular weight excluding hydrogens is 482 g/mol. The van der Waals surface area contributed by atoms with Crippen molar-refractivity contribution in [3.05, 3.63) is 54.4 Å². The van der Waals surface area contributed by atoms with Gasteiger partial charge in [0.15, 0.2) is 0 Å². The minimum atomic E-state index is 0.0847. The molecule has 1 aliphatic rings. The Balaban J connectivity index is 1.24. The SMILES string of the molecule is CCCCCCCCCCCCCCCCn1c([C@@H]2CC(=O)N(c3ccccc3OC)C2)nc2ccccc21. The van der Waals surface area contributed by atoms with Crippen LogP contribution in [-0.4, -0.2) is 29.1 Å². The summed E-state index contributed by atoms with van der Waals surface area (Å²) in [6.45, 7) is 3.89. The van der Waals surface area contributed by atoms with Crippen LogP contribution in [0.3, 0.4) is 0 Å². The van der Waals surface area contributed by atoms with Crippen LogP contribution in [0.1, 0.15) is 115 Å². The zero-order valence-corrected chi connectivity index (χ0v) is 24.4. The third-order valence-corrected chi connectivity index (χ3v) is 8.29. The highest BCUT2D eigenvalue weighted by atomic mass is 16.5. The van der Waals surface area contributed by atoms with Gasteiger partial charge in [-0.15, -0.1) is 0 Å². The first-order valence-electron chi connectivity index (χ1n) is 15.6. The Morgan fingerprint density at radius 3 is 2.05 bits per heavy atom. The first-order chi connectivity index (χ1) is 19.2. The predicted molar refractivity (Wildman–Crippen MR) is 163 cm³/mol. The summed E-state index contributed by atoms with van der Waals surface area (Å²) in [4.78, 5) is 20.0. The Bertz CT molecular complexity index is 1150. The van der Waals surface area contributed by atoms with E-state index in [2.05, 4.69) is 35.8 Å². The quantitative estimate of drug-likeness (QED) is 0.154. The fraction of sp³-hybridized carbons (Fsp3) is 0.588. The summed E-state index contributed by atoms with van der Waals surface area (Å²) < 4.78 is 7.93. The van der Waals surface area contributed by atoms with E-state index < -0.39 is 0 Å². The van der Waals surface area contributed by atoms with E-state index in [-0.39, 0.29) is 11.8 Å². The van der Waals surface area contributed by atoms with E-state index in [1.807, 2.05) is 29.2 Å². The lowest BCUT2D eigenvalue weighted by atomic mass is 10.0. The number of fused-ring (bicyclic) bond motifs is 1. The molecule has 0 spiro atoms. The first-order valence-corrected chi connectivity index (χ1v) is 15.6. The summed E-state index contributed by atoms with van der Waals surface area (Å²) in [6.07, 6.45) is 19.6. The molecule has 5 heteroatoms. The number of rotatable bonds is 18. The molecule has 5 nitrogen and oxygen atoms in total. The largest absolute Gasteiger partial charge is 0.495 e. The van der Waals surface area contributed by atoms with E-state index in [0.717, 1.165) is 35.7 Å². The van der Waals surface area contributed by atoms with E-state index in [1.165, 1.54) is 89.0 Å². The first kappa shape index (κ1) is 29.2. The van der Waals surface area contributed by atoms with Crippen LogP contribution in [0.4, 0.5) is 5.69 Å². The standard InChI is InChI=1S/C34H49N3O2/c1-3-4-5-6-7-8-9-10-11-12-13-14-15-20-25-36-30-22-17-16-21-29(30)35-34(36)28-26-33(38)37(27-28)31-23-18-19-24-32(31)39-2/h16-19,21-24,28H,3-15,20,25-27H2,1-2H3/t28-/m1/s1. The summed E-state index contributed by atoms with van der Waals surface area (Å²) in [5.74, 6) is 2.01. The highest BCUT2D eigenvalue weighted by molar-refractivity contribution is 5.97. The molecule has 1 aromatic heterocycles. The van der Waals surface area contributed by atoms with Gasteiger partial charge < -0.3 is 14.2 Å². The molecule has 2 aromatic carbocycles. The maximum Gasteiger partial charge on any atom is 0.227 e. The normalized spacial score (nSPS) is 15.5. The Morgan fingerprint density at radius 2 is 1.38 bits per heavy atom. The van der Waals surface area contributed by atoms with Crippen molar-refractivity contribution in [2.75, 3.05) is 18.6 Å². The van der Waals surface area contributed by atoms with Gasteiger partial charge in [-0.3, -0.25) is 4.79 Å². The van der Waals surface area contributed by atoms with Crippen molar-refractivity contribution in [1.29, 1.82) is 0 Å². The van der Waals surface area contributed by atoms with Crippen LogP contribution < -0.4 is 9.64 Å². The molecule has 0 saturated carbocycles. The Kier molecular flexibility index (Phi) is 11.7. The lowest BCUT2D eigenvalue weighted by molar-refractivity contribution is -0.117. The van der Waals surface area contributed by atoms with Crippen molar-refractivity contribution in [3.8, 4) is 5.75 Å². The van der Waals surface area contributed by atoms with Crippen molar-refractivity contribution in [2.24, 2.45) is 0 Å². The maximum atomic E-state index is 13.1. The van der Waals surface area contributed by atoms with Gasteiger partial charge in [0.2, 0.25) is 5.91 Å². The number of hydrogen-bond acceptors (Lipinski definition) is 3. The topological polar surface area (TPSA) is 47.4 Å². The van der Waals surface area contributed by atoms with Crippen LogP contribution >= 0.6 is 0 Å². The van der Waals surface area contributed by atoms with E-state index in [1.54, 1.807) is 7.11 Å². The number of aromatic nitrogens is 2. The zero-order valence-electron chi connectivity index (χ0n) is 24.4. The van der Waals surface area contributed by atoms with Gasteiger partial charge in [-0.2, -0.15) is 0 Å². The molecule has 0 radical (unpaired) electrons. The van der Waals surface area contributed by atoms with E-state index >= 15 is 0 Å². The average Bonchev–Trinajstić information content (AvgIpc) is 3.53. The molecule has 2 heterocycles. The van der Waals surface area contributed by atoms with Crippen molar-refractivity contribution in [1.82, 2.24) is 9.55 Å². The van der Waals surface area contributed by atoms with E-state index in [0.29, 0.717) is 13.0 Å². The molecule has 1 saturated heterocycles. The van der Waals surface area contributed by atoms with Gasteiger partial charge in [-0.1, -0.05) is 115 Å². The number of ether oxygens (including phenoxy) is 1. The van der Waals surface area contributed by atoms with Crippen molar-refractivity contribution >= 4 is 22.6 Å².